The molecule has 0 aliphatic heterocycles. The molecule has 0 amide bonds. The quantitative estimate of drug-likeness (QED) is 0.295. The average molecular weight is 455 g/mol. The Morgan fingerprint density at radius 1 is 0.935 bits per heavy atom. The van der Waals surface area contributed by atoms with Crippen LogP contribution in [-0.4, -0.2) is 43.6 Å². The molecule has 0 heterocycles. The van der Waals surface area contributed by atoms with Gasteiger partial charge in [-0.25, -0.2) is 4.79 Å². The van der Waals surface area contributed by atoms with Crippen LogP contribution < -0.4 is 10.1 Å². The first-order valence-corrected chi connectivity index (χ1v) is 10.9. The van der Waals surface area contributed by atoms with Crippen LogP contribution in [0.15, 0.2) is 54.6 Å². The van der Waals surface area contributed by atoms with Crippen molar-refractivity contribution in [2.75, 3.05) is 25.4 Å². The van der Waals surface area contributed by atoms with Crippen LogP contribution in [0.2, 0.25) is 0 Å². The van der Waals surface area contributed by atoms with Crippen molar-refractivity contribution in [3.8, 4) is 5.75 Å². The lowest BCUT2D eigenvalue weighted by Gasteiger charge is -2.08. The second-order valence-electron chi connectivity index (χ2n) is 6.54. The predicted molar refractivity (Wildman–Crippen MR) is 113 cm³/mol. The summed E-state index contributed by atoms with van der Waals surface area (Å²) >= 11 is 1.81. The molecule has 0 spiro atoms. The molecule has 31 heavy (non-hydrogen) atoms. The van der Waals surface area contributed by atoms with Crippen molar-refractivity contribution in [2.45, 2.75) is 24.8 Å². The van der Waals surface area contributed by atoms with Gasteiger partial charge in [0, 0.05) is 18.1 Å². The highest BCUT2D eigenvalue weighted by molar-refractivity contribution is 7.98. The average Bonchev–Trinajstić information content (AvgIpc) is 2.74. The van der Waals surface area contributed by atoms with E-state index < -0.39 is 18.1 Å². The van der Waals surface area contributed by atoms with E-state index in [0.29, 0.717) is 19.6 Å². The molecule has 168 valence electrons. The molecule has 0 fully saturated rings. The molecule has 1 N–H and O–H groups in total. The Morgan fingerprint density at radius 2 is 1.65 bits per heavy atom. The molecular formula is C22H24F3NO4S. The van der Waals surface area contributed by atoms with Gasteiger partial charge in [-0.2, -0.15) is 24.9 Å². The van der Waals surface area contributed by atoms with E-state index in [-0.39, 0.29) is 13.0 Å². The van der Waals surface area contributed by atoms with Gasteiger partial charge in [0.25, 0.3) is 0 Å². The highest BCUT2D eigenvalue weighted by Gasteiger charge is 2.42. The summed E-state index contributed by atoms with van der Waals surface area (Å²) in [6.45, 7) is 1.26. The topological polar surface area (TPSA) is 64.6 Å². The number of carbonyl (C=O) groups excluding carboxylic acids is 2. The molecule has 0 aliphatic rings. The van der Waals surface area contributed by atoms with E-state index in [9.17, 15) is 22.8 Å². The lowest BCUT2D eigenvalue weighted by Crippen LogP contribution is -2.29. The third kappa shape index (κ3) is 10.4. The van der Waals surface area contributed by atoms with E-state index in [0.717, 1.165) is 22.8 Å². The minimum atomic E-state index is -5.17. The van der Waals surface area contributed by atoms with Crippen LogP contribution in [0.5, 0.6) is 5.75 Å². The highest BCUT2D eigenvalue weighted by atomic mass is 32.2. The number of hydrogen-bond acceptors (Lipinski definition) is 6. The van der Waals surface area contributed by atoms with E-state index >= 15 is 0 Å². The molecule has 2 aromatic carbocycles. The largest absolute Gasteiger partial charge is 0.493 e. The number of hydrogen-bond donors (Lipinski definition) is 1. The summed E-state index contributed by atoms with van der Waals surface area (Å²) in [5.41, 5.74) is 2.34. The number of benzene rings is 2. The number of esters is 2. The van der Waals surface area contributed by atoms with Gasteiger partial charge in [0.2, 0.25) is 0 Å². The summed E-state index contributed by atoms with van der Waals surface area (Å²) in [5, 5.41) is 2.93. The SMILES string of the molecule is O=C(CCNCCc1ccc(OCCSCc2ccccc2)cc1)OC(=O)C(F)(F)F. The summed E-state index contributed by atoms with van der Waals surface area (Å²) in [6, 6.07) is 17.9. The first kappa shape index (κ1) is 24.7. The lowest BCUT2D eigenvalue weighted by molar-refractivity contribution is -0.201. The first-order valence-electron chi connectivity index (χ1n) is 9.70. The maximum absolute atomic E-state index is 12.0. The Labute approximate surface area is 183 Å². The van der Waals surface area contributed by atoms with Crippen molar-refractivity contribution in [2.24, 2.45) is 0 Å². The second kappa shape index (κ2) is 13.0. The van der Waals surface area contributed by atoms with Crippen LogP contribution in [0.3, 0.4) is 0 Å². The molecular weight excluding hydrogens is 431 g/mol. The maximum Gasteiger partial charge on any atom is 0.491 e. The minimum Gasteiger partial charge on any atom is -0.493 e. The van der Waals surface area contributed by atoms with E-state index in [2.05, 4.69) is 22.2 Å². The van der Waals surface area contributed by atoms with Crippen LogP contribution >= 0.6 is 11.8 Å². The summed E-state index contributed by atoms with van der Waals surface area (Å²) in [4.78, 5) is 21.7. The van der Waals surface area contributed by atoms with Gasteiger partial charge in [-0.15, -0.1) is 0 Å². The number of rotatable bonds is 12. The Bertz CT molecular complexity index is 814. The molecule has 0 atom stereocenters. The fourth-order valence-corrected chi connectivity index (χ4v) is 3.27. The molecule has 9 heteroatoms. The maximum atomic E-state index is 12.0. The van der Waals surface area contributed by atoms with Crippen molar-refractivity contribution in [1.29, 1.82) is 0 Å². The third-order valence-corrected chi connectivity index (χ3v) is 5.06. The van der Waals surface area contributed by atoms with Crippen LogP contribution in [0.4, 0.5) is 13.2 Å². The molecule has 0 saturated carbocycles. The van der Waals surface area contributed by atoms with Crippen molar-refractivity contribution in [1.82, 2.24) is 5.32 Å². The first-order chi connectivity index (χ1) is 14.8. The summed E-state index contributed by atoms with van der Waals surface area (Å²) in [7, 11) is 0. The van der Waals surface area contributed by atoms with E-state index in [1.165, 1.54) is 5.56 Å². The monoisotopic (exact) mass is 455 g/mol. The van der Waals surface area contributed by atoms with Crippen LogP contribution in [-0.2, 0) is 26.5 Å². The Morgan fingerprint density at radius 3 is 2.32 bits per heavy atom. The molecule has 0 saturated heterocycles. The van der Waals surface area contributed by atoms with Crippen LogP contribution in [0, 0.1) is 0 Å². The van der Waals surface area contributed by atoms with Gasteiger partial charge in [0.15, 0.2) is 0 Å². The van der Waals surface area contributed by atoms with Crippen molar-refractivity contribution in [3.05, 3.63) is 65.7 Å². The van der Waals surface area contributed by atoms with Crippen molar-refractivity contribution >= 4 is 23.7 Å². The zero-order valence-corrected chi connectivity index (χ0v) is 17.6. The fraction of sp³-hybridized carbons (Fsp3) is 0.364. The summed E-state index contributed by atoms with van der Waals surface area (Å²) < 4.78 is 45.4. The van der Waals surface area contributed by atoms with Gasteiger partial charge < -0.3 is 14.8 Å². The third-order valence-electron chi connectivity index (χ3n) is 4.07. The molecule has 0 radical (unpaired) electrons. The van der Waals surface area contributed by atoms with Crippen LogP contribution in [0.1, 0.15) is 17.5 Å². The molecule has 0 aliphatic carbocycles. The van der Waals surface area contributed by atoms with E-state index in [1.54, 1.807) is 0 Å². The normalized spacial score (nSPS) is 11.2. The number of nitrogens with one attached hydrogen (secondary N) is 1. The van der Waals surface area contributed by atoms with Crippen molar-refractivity contribution in [3.63, 3.8) is 0 Å². The number of thioether (sulfide) groups is 1. The second-order valence-corrected chi connectivity index (χ2v) is 7.65. The van der Waals surface area contributed by atoms with Gasteiger partial charge >= 0.3 is 18.1 Å². The minimum absolute atomic E-state index is 0.117. The number of halogens is 3. The molecule has 2 rings (SSSR count). The highest BCUT2D eigenvalue weighted by Crippen LogP contribution is 2.17. The smallest absolute Gasteiger partial charge is 0.491 e. The van der Waals surface area contributed by atoms with Gasteiger partial charge in [0.1, 0.15) is 5.75 Å². The number of ether oxygens (including phenoxy) is 2. The molecule has 0 bridgehead atoms. The Kier molecular flexibility index (Phi) is 10.4. The van der Waals surface area contributed by atoms with E-state index in [1.807, 2.05) is 54.2 Å². The standard InChI is InChI=1S/C22H24F3NO4S/c23-22(24,25)21(28)30-20(27)11-13-26-12-10-17-6-8-19(9-7-17)29-14-15-31-16-18-4-2-1-3-5-18/h1-9,26H,10-16H2. The summed E-state index contributed by atoms with van der Waals surface area (Å²) in [6.07, 6.45) is -4.82. The molecule has 0 unspecified atom stereocenters. The molecule has 5 nitrogen and oxygen atoms in total. The van der Waals surface area contributed by atoms with Gasteiger partial charge in [-0.3, -0.25) is 4.79 Å². The number of alkyl halides is 3. The molecule has 0 aromatic heterocycles. The predicted octanol–water partition coefficient (Wildman–Crippen LogP) is 4.15. The molecule has 2 aromatic rings. The lowest BCUT2D eigenvalue weighted by atomic mass is 10.1. The van der Waals surface area contributed by atoms with E-state index in [4.69, 9.17) is 4.74 Å². The van der Waals surface area contributed by atoms with Crippen molar-refractivity contribution < 1.29 is 32.2 Å². The summed E-state index contributed by atoms with van der Waals surface area (Å²) in [5.74, 6) is -1.08. The Hall–Kier alpha value is -2.52. The van der Waals surface area contributed by atoms with Crippen LogP contribution in [0.25, 0.3) is 0 Å². The Balaban J connectivity index is 1.54. The van der Waals surface area contributed by atoms with Gasteiger partial charge in [-0.05, 0) is 36.2 Å². The van der Waals surface area contributed by atoms with Gasteiger partial charge in [0.05, 0.1) is 13.0 Å². The zero-order chi connectivity index (χ0) is 22.5. The number of carbonyl (C=O) groups is 2. The fourth-order valence-electron chi connectivity index (χ4n) is 2.50. The zero-order valence-electron chi connectivity index (χ0n) is 16.8. The van der Waals surface area contributed by atoms with Gasteiger partial charge in [-0.1, -0.05) is 42.5 Å².